The predicted molar refractivity (Wildman–Crippen MR) is 96.8 cm³/mol. The Balaban J connectivity index is 0.00000116. The molecular weight excluding hydrogens is 365 g/mol. The molecule has 0 saturated heterocycles. The number of aromatic nitrogens is 2. The van der Waals surface area contributed by atoms with Crippen molar-refractivity contribution in [3.8, 4) is 0 Å². The zero-order valence-corrected chi connectivity index (χ0v) is 15.4. The molecule has 0 aliphatic rings. The van der Waals surface area contributed by atoms with Crippen molar-refractivity contribution in [1.82, 2.24) is 9.97 Å². The molecule has 1 aromatic heterocycles. The van der Waals surface area contributed by atoms with Crippen LogP contribution in [0.15, 0.2) is 28.2 Å². The number of H-pyrrole nitrogens is 1. The highest BCUT2D eigenvalue weighted by atomic mass is 35.5. The Hall–Kier alpha value is -0.880. The molecule has 4 nitrogen and oxygen atoms in total. The number of rotatable bonds is 4. The van der Waals surface area contributed by atoms with Gasteiger partial charge in [0.25, 0.3) is 5.56 Å². The molecule has 120 valence electrons. The van der Waals surface area contributed by atoms with E-state index in [9.17, 15) is 4.79 Å². The van der Waals surface area contributed by atoms with Crippen LogP contribution < -0.4 is 10.9 Å². The Morgan fingerprint density at radius 2 is 1.86 bits per heavy atom. The number of nitrogens with zero attached hydrogens (tertiary/aromatic N) is 1. The van der Waals surface area contributed by atoms with Gasteiger partial charge in [0.05, 0.1) is 10.0 Å². The van der Waals surface area contributed by atoms with E-state index >= 15 is 0 Å². The van der Waals surface area contributed by atoms with Gasteiger partial charge in [0.15, 0.2) is 5.16 Å². The van der Waals surface area contributed by atoms with Crippen molar-refractivity contribution in [3.05, 3.63) is 49.2 Å². The maximum atomic E-state index is 11.4. The molecule has 2 N–H and O–H groups in total. The fourth-order valence-corrected chi connectivity index (χ4v) is 3.23. The van der Waals surface area contributed by atoms with E-state index in [1.54, 1.807) is 19.2 Å². The van der Waals surface area contributed by atoms with Crippen molar-refractivity contribution in [1.29, 1.82) is 0 Å². The Labute approximate surface area is 148 Å². The molecule has 2 rings (SSSR count). The molecule has 0 atom stereocenters. The molecule has 0 aliphatic carbocycles. The van der Waals surface area contributed by atoms with Crippen molar-refractivity contribution < 1.29 is 0 Å². The average molecular weight is 381 g/mol. The van der Waals surface area contributed by atoms with Crippen molar-refractivity contribution >= 4 is 52.4 Å². The van der Waals surface area contributed by atoms with E-state index in [-0.39, 0.29) is 5.56 Å². The smallest absolute Gasteiger partial charge is 0.253 e. The topological polar surface area (TPSA) is 57.8 Å². The first kappa shape index (κ1) is 19.2. The van der Waals surface area contributed by atoms with Gasteiger partial charge in [0.1, 0.15) is 5.82 Å². The molecule has 0 fully saturated rings. The van der Waals surface area contributed by atoms with Crippen LogP contribution in [-0.4, -0.2) is 17.0 Å². The number of anilines is 1. The minimum Gasteiger partial charge on any atom is -0.373 e. The number of aromatic amines is 1. The number of nitrogens with one attached hydrogen (secondary N) is 2. The third kappa shape index (κ3) is 5.09. The largest absolute Gasteiger partial charge is 0.373 e. The lowest BCUT2D eigenvalue weighted by Gasteiger charge is -2.08. The van der Waals surface area contributed by atoms with Crippen LogP contribution in [0.2, 0.25) is 15.1 Å². The summed E-state index contributed by atoms with van der Waals surface area (Å²) in [6.45, 7) is 4.00. The monoisotopic (exact) mass is 379 g/mol. The second-order valence-electron chi connectivity index (χ2n) is 3.80. The van der Waals surface area contributed by atoms with Gasteiger partial charge in [0.2, 0.25) is 0 Å². The summed E-state index contributed by atoms with van der Waals surface area (Å²) in [5.41, 5.74) is 0.485. The quantitative estimate of drug-likeness (QED) is 0.440. The summed E-state index contributed by atoms with van der Waals surface area (Å²) in [6, 6.07) is 4.71. The number of hydrogen-bond acceptors (Lipinski definition) is 4. The van der Waals surface area contributed by atoms with Crippen molar-refractivity contribution in [3.63, 3.8) is 0 Å². The summed E-state index contributed by atoms with van der Waals surface area (Å²) in [5.74, 6) is 0.952. The zero-order valence-electron chi connectivity index (χ0n) is 12.3. The predicted octanol–water partition coefficient (Wildman–Crippen LogP) is 5.09. The Bertz CT molecular complexity index is 692. The maximum Gasteiger partial charge on any atom is 0.253 e. The lowest BCUT2D eigenvalue weighted by atomic mass is 10.2. The van der Waals surface area contributed by atoms with Crippen LogP contribution in [0.5, 0.6) is 0 Å². The summed E-state index contributed by atoms with van der Waals surface area (Å²) in [6.07, 6.45) is 0. The van der Waals surface area contributed by atoms with Crippen LogP contribution in [0.1, 0.15) is 19.4 Å². The molecule has 1 aromatic carbocycles. The van der Waals surface area contributed by atoms with E-state index in [4.69, 9.17) is 34.8 Å². The van der Waals surface area contributed by atoms with Gasteiger partial charge in [0, 0.05) is 29.5 Å². The first-order chi connectivity index (χ1) is 10.5. The molecule has 1 heterocycles. The minimum atomic E-state index is -0.227. The van der Waals surface area contributed by atoms with E-state index in [1.807, 2.05) is 13.8 Å². The zero-order chi connectivity index (χ0) is 16.7. The Morgan fingerprint density at radius 3 is 2.50 bits per heavy atom. The molecule has 0 bridgehead atoms. The minimum absolute atomic E-state index is 0.227. The van der Waals surface area contributed by atoms with Crippen molar-refractivity contribution in [2.24, 2.45) is 0 Å². The number of hydrogen-bond donors (Lipinski definition) is 2. The van der Waals surface area contributed by atoms with Gasteiger partial charge >= 0.3 is 0 Å². The molecule has 22 heavy (non-hydrogen) atoms. The molecule has 0 aliphatic heterocycles. The average Bonchev–Trinajstić information content (AvgIpc) is 2.52. The van der Waals surface area contributed by atoms with E-state index in [0.717, 1.165) is 0 Å². The first-order valence-corrected chi connectivity index (χ1v) is 8.67. The number of halogens is 3. The second kappa shape index (κ2) is 9.30. The third-order valence-electron chi connectivity index (χ3n) is 2.47. The van der Waals surface area contributed by atoms with Crippen LogP contribution in [-0.2, 0) is 5.75 Å². The summed E-state index contributed by atoms with van der Waals surface area (Å²) >= 11 is 19.5. The van der Waals surface area contributed by atoms with E-state index < -0.39 is 0 Å². The summed E-state index contributed by atoms with van der Waals surface area (Å²) in [7, 11) is 1.70. The SMILES string of the molecule is CC.CNc1cc(=O)[nH]c(SCc2c(Cl)ccc(Cl)c2Cl)n1. The lowest BCUT2D eigenvalue weighted by molar-refractivity contribution is 0.939. The molecule has 0 radical (unpaired) electrons. The van der Waals surface area contributed by atoms with Crippen LogP contribution in [0.4, 0.5) is 5.82 Å². The maximum absolute atomic E-state index is 11.4. The molecule has 2 aromatic rings. The van der Waals surface area contributed by atoms with Crippen molar-refractivity contribution in [2.75, 3.05) is 12.4 Å². The van der Waals surface area contributed by atoms with E-state index in [0.29, 0.717) is 37.4 Å². The normalized spacial score (nSPS) is 9.91. The van der Waals surface area contributed by atoms with Crippen LogP contribution in [0.3, 0.4) is 0 Å². The van der Waals surface area contributed by atoms with Crippen LogP contribution >= 0.6 is 46.6 Å². The van der Waals surface area contributed by atoms with E-state index in [2.05, 4.69) is 15.3 Å². The molecular formula is C14H16Cl3N3OS. The van der Waals surface area contributed by atoms with Crippen LogP contribution in [0.25, 0.3) is 0 Å². The highest BCUT2D eigenvalue weighted by Crippen LogP contribution is 2.35. The number of thioether (sulfide) groups is 1. The first-order valence-electron chi connectivity index (χ1n) is 6.55. The summed E-state index contributed by atoms with van der Waals surface area (Å²) < 4.78 is 0. The van der Waals surface area contributed by atoms with E-state index in [1.165, 1.54) is 17.8 Å². The van der Waals surface area contributed by atoms with Crippen LogP contribution in [0, 0.1) is 0 Å². The summed E-state index contributed by atoms with van der Waals surface area (Å²) in [5, 5.41) is 4.69. The standard InChI is InChI=1S/C12H10Cl3N3OS.C2H6/c1-16-9-4-10(19)18-12(17-9)20-5-6-7(13)2-3-8(14)11(6)15;1-2/h2-4H,5H2,1H3,(H2,16,17,18,19);1-2H3. The Kier molecular flexibility index (Phi) is 8.10. The van der Waals surface area contributed by atoms with Gasteiger partial charge in [-0.15, -0.1) is 0 Å². The second-order valence-corrected chi connectivity index (χ2v) is 5.95. The molecule has 0 saturated carbocycles. The van der Waals surface area contributed by atoms with Gasteiger partial charge in [-0.2, -0.15) is 0 Å². The fraction of sp³-hybridized carbons (Fsp3) is 0.286. The molecule has 0 unspecified atom stereocenters. The van der Waals surface area contributed by atoms with Gasteiger partial charge in [-0.25, -0.2) is 4.98 Å². The number of benzene rings is 1. The Morgan fingerprint density at radius 1 is 1.23 bits per heavy atom. The lowest BCUT2D eigenvalue weighted by Crippen LogP contribution is -2.09. The molecule has 0 amide bonds. The van der Waals surface area contributed by atoms with Gasteiger partial charge < -0.3 is 10.3 Å². The molecule has 0 spiro atoms. The van der Waals surface area contributed by atoms with Gasteiger partial charge in [-0.1, -0.05) is 60.4 Å². The third-order valence-corrected chi connectivity index (χ3v) is 4.57. The van der Waals surface area contributed by atoms with Gasteiger partial charge in [-0.3, -0.25) is 4.79 Å². The molecule has 8 heteroatoms. The van der Waals surface area contributed by atoms with Crippen molar-refractivity contribution in [2.45, 2.75) is 24.8 Å². The highest BCUT2D eigenvalue weighted by molar-refractivity contribution is 7.98. The summed E-state index contributed by atoms with van der Waals surface area (Å²) in [4.78, 5) is 18.3. The fourth-order valence-electron chi connectivity index (χ4n) is 1.47. The highest BCUT2D eigenvalue weighted by Gasteiger charge is 2.11. The van der Waals surface area contributed by atoms with Gasteiger partial charge in [-0.05, 0) is 12.1 Å².